The zero-order chi connectivity index (χ0) is 16.7. The molecular formula is C19H26N2S2. The number of nitrogens with zero attached hydrogens (tertiary/aromatic N) is 2. The van der Waals surface area contributed by atoms with Crippen LogP contribution in [0.3, 0.4) is 0 Å². The molecule has 0 atom stereocenters. The van der Waals surface area contributed by atoms with Crippen LogP contribution in [0.4, 0.5) is 11.4 Å². The van der Waals surface area contributed by atoms with E-state index in [1.54, 1.807) is 0 Å². The number of rotatable bonds is 8. The Morgan fingerprint density at radius 1 is 0.652 bits per heavy atom. The topological polar surface area (TPSA) is 6.48 Å². The Hall–Kier alpha value is -1.26. The number of hydrogen-bond donors (Lipinski definition) is 0. The van der Waals surface area contributed by atoms with Crippen LogP contribution in [-0.4, -0.2) is 17.2 Å². The van der Waals surface area contributed by atoms with Gasteiger partial charge in [0.2, 0.25) is 0 Å². The molecule has 2 nitrogen and oxygen atoms in total. The molecule has 124 valence electrons. The van der Waals surface area contributed by atoms with Gasteiger partial charge >= 0.3 is 0 Å². The molecule has 0 aliphatic heterocycles. The first kappa shape index (κ1) is 18.1. The van der Waals surface area contributed by atoms with Gasteiger partial charge in [-0.2, -0.15) is 0 Å². The maximum Gasteiger partial charge on any atom is 0.0793 e. The third kappa shape index (κ3) is 5.40. The first-order chi connectivity index (χ1) is 11.1. The molecule has 0 saturated carbocycles. The molecule has 0 fully saturated rings. The zero-order valence-electron chi connectivity index (χ0n) is 14.3. The summed E-state index contributed by atoms with van der Waals surface area (Å²) >= 11 is 3.76. The summed E-state index contributed by atoms with van der Waals surface area (Å²) in [6.07, 6.45) is 0. The Morgan fingerprint density at radius 3 is 1.30 bits per heavy atom. The molecule has 4 heteroatoms. The fourth-order valence-corrected chi connectivity index (χ4v) is 4.57. The monoisotopic (exact) mass is 346 g/mol. The molecule has 0 spiro atoms. The highest BCUT2D eigenvalue weighted by Crippen LogP contribution is 2.32. The highest BCUT2D eigenvalue weighted by molar-refractivity contribution is 8.17. The Bertz CT molecular complexity index is 507. The first-order valence-corrected chi connectivity index (χ1v) is 9.92. The Balaban J connectivity index is 1.98. The summed E-state index contributed by atoms with van der Waals surface area (Å²) < 4.78 is 4.77. The Morgan fingerprint density at radius 2 is 1.00 bits per heavy atom. The quantitative estimate of drug-likeness (QED) is 0.422. The summed E-state index contributed by atoms with van der Waals surface area (Å²) in [4.78, 5) is 0. The van der Waals surface area contributed by atoms with E-state index in [1.807, 2.05) is 23.9 Å². The van der Waals surface area contributed by atoms with Crippen molar-refractivity contribution >= 4 is 35.3 Å². The summed E-state index contributed by atoms with van der Waals surface area (Å²) in [7, 11) is 0. The van der Waals surface area contributed by atoms with Gasteiger partial charge < -0.3 is 8.61 Å². The summed E-state index contributed by atoms with van der Waals surface area (Å²) in [5.41, 5.74) is 2.54. The molecule has 0 saturated heterocycles. The van der Waals surface area contributed by atoms with Crippen LogP contribution in [0, 0.1) is 0 Å². The minimum absolute atomic E-state index is 0.465. The highest BCUT2D eigenvalue weighted by Gasteiger charge is 2.15. The van der Waals surface area contributed by atoms with E-state index in [2.05, 4.69) is 97.0 Å². The molecular weight excluding hydrogens is 320 g/mol. The molecule has 2 aromatic carbocycles. The number of para-hydroxylation sites is 2. The van der Waals surface area contributed by atoms with E-state index in [0.29, 0.717) is 12.1 Å². The van der Waals surface area contributed by atoms with Crippen LogP contribution in [0.1, 0.15) is 27.7 Å². The second-order valence-corrected chi connectivity index (χ2v) is 8.13. The van der Waals surface area contributed by atoms with E-state index in [0.717, 1.165) is 5.08 Å². The van der Waals surface area contributed by atoms with E-state index < -0.39 is 0 Å². The maximum atomic E-state index is 2.39. The molecule has 0 amide bonds. The van der Waals surface area contributed by atoms with Crippen LogP contribution < -0.4 is 8.61 Å². The second-order valence-electron chi connectivity index (χ2n) is 5.89. The molecule has 0 bridgehead atoms. The largest absolute Gasteiger partial charge is 0.313 e. The van der Waals surface area contributed by atoms with Crippen molar-refractivity contribution in [1.29, 1.82) is 0 Å². The predicted octanol–water partition coefficient (Wildman–Crippen LogP) is 6.07. The Labute approximate surface area is 149 Å². The van der Waals surface area contributed by atoms with Gasteiger partial charge in [0.1, 0.15) is 0 Å². The smallest absolute Gasteiger partial charge is 0.0793 e. The molecule has 0 aliphatic rings. The van der Waals surface area contributed by atoms with Crippen LogP contribution in [-0.2, 0) is 0 Å². The van der Waals surface area contributed by atoms with Gasteiger partial charge in [0.25, 0.3) is 0 Å². The fraction of sp³-hybridized carbons (Fsp3) is 0.368. The molecule has 23 heavy (non-hydrogen) atoms. The predicted molar refractivity (Wildman–Crippen MR) is 108 cm³/mol. The van der Waals surface area contributed by atoms with Crippen molar-refractivity contribution in [2.24, 2.45) is 0 Å². The molecule has 0 N–H and O–H groups in total. The minimum atomic E-state index is 0.465. The first-order valence-electron chi connectivity index (χ1n) is 8.04. The van der Waals surface area contributed by atoms with Gasteiger partial charge in [0.15, 0.2) is 0 Å². The van der Waals surface area contributed by atoms with E-state index in [4.69, 9.17) is 0 Å². The fourth-order valence-electron chi connectivity index (χ4n) is 2.33. The standard InChI is InChI=1S/C19H26N2S2/c1-16(2)20(18-11-7-5-8-12-18)22-15-23-21(17(3)4)19-13-9-6-10-14-19/h5-14,16-17H,15H2,1-4H3. The molecule has 0 heterocycles. The van der Waals surface area contributed by atoms with Crippen molar-refractivity contribution in [3.8, 4) is 0 Å². The third-order valence-corrected chi connectivity index (χ3v) is 6.01. The van der Waals surface area contributed by atoms with Crippen molar-refractivity contribution in [2.75, 3.05) is 13.7 Å². The van der Waals surface area contributed by atoms with Crippen molar-refractivity contribution in [3.63, 3.8) is 0 Å². The molecule has 0 radical (unpaired) electrons. The summed E-state index contributed by atoms with van der Waals surface area (Å²) in [6, 6.07) is 22.2. The van der Waals surface area contributed by atoms with Crippen molar-refractivity contribution in [3.05, 3.63) is 60.7 Å². The SMILES string of the molecule is CC(C)N(SCSN(c1ccccc1)C(C)C)c1ccccc1. The van der Waals surface area contributed by atoms with E-state index in [1.165, 1.54) is 11.4 Å². The van der Waals surface area contributed by atoms with E-state index in [9.17, 15) is 0 Å². The normalized spacial score (nSPS) is 11.0. The second kappa shape index (κ2) is 9.14. The highest BCUT2D eigenvalue weighted by atomic mass is 32.2. The maximum absolute atomic E-state index is 2.39. The summed E-state index contributed by atoms with van der Waals surface area (Å²) in [5.74, 6) is 0. The van der Waals surface area contributed by atoms with Gasteiger partial charge in [-0.1, -0.05) is 36.4 Å². The lowest BCUT2D eigenvalue weighted by molar-refractivity contribution is 0.835. The number of benzene rings is 2. The van der Waals surface area contributed by atoms with Crippen LogP contribution in [0.2, 0.25) is 0 Å². The average molecular weight is 347 g/mol. The molecule has 2 rings (SSSR count). The summed E-state index contributed by atoms with van der Waals surface area (Å²) in [6.45, 7) is 8.95. The Kier molecular flexibility index (Phi) is 7.18. The van der Waals surface area contributed by atoms with Gasteiger partial charge in [-0.3, -0.25) is 0 Å². The van der Waals surface area contributed by atoms with Gasteiger partial charge in [0.05, 0.1) is 5.08 Å². The van der Waals surface area contributed by atoms with Crippen LogP contribution in [0.5, 0.6) is 0 Å². The lowest BCUT2D eigenvalue weighted by atomic mass is 10.3. The molecule has 0 unspecified atom stereocenters. The van der Waals surface area contributed by atoms with Gasteiger partial charge in [0, 0.05) is 23.5 Å². The minimum Gasteiger partial charge on any atom is -0.313 e. The van der Waals surface area contributed by atoms with Crippen molar-refractivity contribution in [1.82, 2.24) is 0 Å². The lowest BCUT2D eigenvalue weighted by Crippen LogP contribution is -2.26. The van der Waals surface area contributed by atoms with Gasteiger partial charge in [-0.25, -0.2) is 0 Å². The average Bonchev–Trinajstić information content (AvgIpc) is 2.56. The van der Waals surface area contributed by atoms with Crippen LogP contribution >= 0.6 is 23.9 Å². The number of anilines is 2. The lowest BCUT2D eigenvalue weighted by Gasteiger charge is -2.31. The molecule has 0 aliphatic carbocycles. The van der Waals surface area contributed by atoms with Crippen molar-refractivity contribution < 1.29 is 0 Å². The van der Waals surface area contributed by atoms with E-state index >= 15 is 0 Å². The summed E-state index contributed by atoms with van der Waals surface area (Å²) in [5, 5.41) is 0.986. The molecule has 2 aromatic rings. The van der Waals surface area contributed by atoms with Gasteiger partial charge in [-0.05, 0) is 75.9 Å². The van der Waals surface area contributed by atoms with Crippen LogP contribution in [0.15, 0.2) is 60.7 Å². The van der Waals surface area contributed by atoms with Crippen molar-refractivity contribution in [2.45, 2.75) is 39.8 Å². The van der Waals surface area contributed by atoms with Gasteiger partial charge in [-0.15, -0.1) is 0 Å². The van der Waals surface area contributed by atoms with E-state index in [-0.39, 0.29) is 0 Å². The zero-order valence-corrected chi connectivity index (χ0v) is 16.0. The number of hydrogen-bond acceptors (Lipinski definition) is 4. The third-order valence-electron chi connectivity index (χ3n) is 3.34. The van der Waals surface area contributed by atoms with Crippen LogP contribution in [0.25, 0.3) is 0 Å². The molecule has 0 aromatic heterocycles.